The molecule has 0 nitrogen and oxygen atoms in total. The molecule has 0 fully saturated rings. The fraction of sp³-hybridized carbons (Fsp3) is 0.167. The Bertz CT molecular complexity index is 322. The first kappa shape index (κ1) is 8.64. The van der Waals surface area contributed by atoms with Crippen molar-refractivity contribution >= 4 is 11.8 Å². The second-order valence-corrected chi connectivity index (χ2v) is 4.31. The normalized spacial score (nSPS) is 15.5. The van der Waals surface area contributed by atoms with Crippen molar-refractivity contribution in [1.29, 1.82) is 0 Å². The quantitative estimate of drug-likeness (QED) is 0.495. The van der Waals surface area contributed by atoms with Gasteiger partial charge in [-0.05, 0) is 37.1 Å². The zero-order chi connectivity index (χ0) is 8.93. The maximum absolute atomic E-state index is 2.33. The van der Waals surface area contributed by atoms with Crippen LogP contribution in [0, 0.1) is 0 Å². The third-order valence-electron chi connectivity index (χ3n) is 1.99. The third-order valence-corrected chi connectivity index (χ3v) is 3.14. The summed E-state index contributed by atoms with van der Waals surface area (Å²) < 4.78 is 0. The number of benzene rings is 1. The molecule has 0 amide bonds. The average molecular weight is 189 g/mol. The molecule has 0 spiro atoms. The van der Waals surface area contributed by atoms with E-state index in [1.807, 2.05) is 0 Å². The summed E-state index contributed by atoms with van der Waals surface area (Å²) >= 11 is 1.33. The molecule has 2 rings (SSSR count). The van der Waals surface area contributed by atoms with Crippen LogP contribution in [0.4, 0.5) is 0 Å². The standard InChI is InChI=1S/C12H12S/c1-3-7-11(8-4-1)13-12-9-5-2-6-10-12/h1,3-5,7-10H,2,6H2/p+1. The van der Waals surface area contributed by atoms with E-state index < -0.39 is 0 Å². The van der Waals surface area contributed by atoms with Gasteiger partial charge in [0.25, 0.3) is 0 Å². The molecular weight excluding hydrogens is 176 g/mol. The SMILES string of the molecule is C1=CC([SH+]c2ccccc2)=CCC1. The van der Waals surface area contributed by atoms with Crippen molar-refractivity contribution in [3.05, 3.63) is 53.5 Å². The van der Waals surface area contributed by atoms with Crippen molar-refractivity contribution < 1.29 is 0 Å². The van der Waals surface area contributed by atoms with E-state index in [0.29, 0.717) is 0 Å². The summed E-state index contributed by atoms with van der Waals surface area (Å²) in [5.41, 5.74) is 0. The van der Waals surface area contributed by atoms with Crippen LogP contribution in [0.5, 0.6) is 0 Å². The first-order valence-corrected chi connectivity index (χ1v) is 5.48. The average Bonchev–Trinajstić information content (AvgIpc) is 2.21. The summed E-state index contributed by atoms with van der Waals surface area (Å²) in [6.07, 6.45) is 9.22. The van der Waals surface area contributed by atoms with Crippen LogP contribution >= 0.6 is 0 Å². The maximum Gasteiger partial charge on any atom is 0.158 e. The van der Waals surface area contributed by atoms with Gasteiger partial charge in [-0.2, -0.15) is 0 Å². The van der Waals surface area contributed by atoms with Gasteiger partial charge in [-0.25, -0.2) is 0 Å². The van der Waals surface area contributed by atoms with Gasteiger partial charge in [0.2, 0.25) is 0 Å². The van der Waals surface area contributed by atoms with E-state index in [9.17, 15) is 0 Å². The van der Waals surface area contributed by atoms with Crippen LogP contribution in [0.15, 0.2) is 58.4 Å². The second-order valence-electron chi connectivity index (χ2n) is 3.06. The summed E-state index contributed by atoms with van der Waals surface area (Å²) in [7, 11) is 0. The fourth-order valence-corrected chi connectivity index (χ4v) is 2.35. The maximum atomic E-state index is 2.33. The Morgan fingerprint density at radius 2 is 1.85 bits per heavy atom. The molecule has 0 aliphatic heterocycles. The lowest BCUT2D eigenvalue weighted by molar-refractivity contribution is 1.03. The van der Waals surface area contributed by atoms with Crippen LogP contribution in [0.2, 0.25) is 0 Å². The second kappa shape index (κ2) is 4.33. The Hall–Kier alpha value is -0.950. The number of hydrogen-bond donors (Lipinski definition) is 0. The highest BCUT2D eigenvalue weighted by Crippen LogP contribution is 2.16. The molecule has 1 aliphatic rings. The van der Waals surface area contributed by atoms with Gasteiger partial charge in [0.1, 0.15) is 0 Å². The summed E-state index contributed by atoms with van der Waals surface area (Å²) in [6.45, 7) is 0. The largest absolute Gasteiger partial charge is 0.158 e. The molecule has 0 saturated carbocycles. The molecule has 0 saturated heterocycles. The molecule has 0 radical (unpaired) electrons. The summed E-state index contributed by atoms with van der Waals surface area (Å²) in [6, 6.07) is 10.6. The lowest BCUT2D eigenvalue weighted by Crippen LogP contribution is -1.88. The van der Waals surface area contributed by atoms with Crippen LogP contribution in [0.25, 0.3) is 0 Å². The van der Waals surface area contributed by atoms with Crippen LogP contribution in [-0.4, -0.2) is 0 Å². The minimum absolute atomic E-state index is 1.20. The predicted octanol–water partition coefficient (Wildman–Crippen LogP) is 3.09. The lowest BCUT2D eigenvalue weighted by Gasteiger charge is -1.97. The van der Waals surface area contributed by atoms with Crippen LogP contribution in [0.3, 0.4) is 0 Å². The summed E-state index contributed by atoms with van der Waals surface area (Å²) in [5.74, 6) is 0. The molecule has 0 N–H and O–H groups in total. The van der Waals surface area contributed by atoms with Gasteiger partial charge in [0.15, 0.2) is 9.80 Å². The van der Waals surface area contributed by atoms with Gasteiger partial charge in [0.05, 0.1) is 0 Å². The zero-order valence-electron chi connectivity index (χ0n) is 7.48. The van der Waals surface area contributed by atoms with Crippen molar-refractivity contribution in [3.63, 3.8) is 0 Å². The Morgan fingerprint density at radius 1 is 1.00 bits per heavy atom. The first-order chi connectivity index (χ1) is 6.45. The highest BCUT2D eigenvalue weighted by Gasteiger charge is 2.07. The molecule has 0 unspecified atom stereocenters. The number of hydrogen-bond acceptors (Lipinski definition) is 0. The number of allylic oxidation sites excluding steroid dienone is 3. The molecule has 0 bridgehead atoms. The van der Waals surface area contributed by atoms with Crippen molar-refractivity contribution in [1.82, 2.24) is 0 Å². The first-order valence-electron chi connectivity index (χ1n) is 4.59. The molecule has 1 aliphatic carbocycles. The van der Waals surface area contributed by atoms with Gasteiger partial charge in [-0.15, -0.1) is 0 Å². The molecular formula is C12H13S+. The third kappa shape index (κ3) is 2.49. The van der Waals surface area contributed by atoms with E-state index in [4.69, 9.17) is 0 Å². The van der Waals surface area contributed by atoms with E-state index in [2.05, 4.69) is 48.6 Å². The Balaban J connectivity index is 2.06. The van der Waals surface area contributed by atoms with E-state index in [-0.39, 0.29) is 0 Å². The lowest BCUT2D eigenvalue weighted by atomic mass is 10.2. The monoisotopic (exact) mass is 189 g/mol. The molecule has 13 heavy (non-hydrogen) atoms. The molecule has 1 aromatic rings. The minimum atomic E-state index is 1.20. The summed E-state index contributed by atoms with van der Waals surface area (Å²) in [5, 5.41) is 0. The minimum Gasteiger partial charge on any atom is -0.0792 e. The van der Waals surface area contributed by atoms with Crippen molar-refractivity contribution in [3.8, 4) is 0 Å². The molecule has 1 heteroatoms. The van der Waals surface area contributed by atoms with Gasteiger partial charge in [-0.1, -0.05) is 24.3 Å². The van der Waals surface area contributed by atoms with E-state index in [1.54, 1.807) is 0 Å². The Morgan fingerprint density at radius 3 is 2.54 bits per heavy atom. The highest BCUT2D eigenvalue weighted by molar-refractivity contribution is 7.83. The van der Waals surface area contributed by atoms with Gasteiger partial charge < -0.3 is 0 Å². The van der Waals surface area contributed by atoms with Gasteiger partial charge >= 0.3 is 0 Å². The predicted molar refractivity (Wildman–Crippen MR) is 59.9 cm³/mol. The Labute approximate surface area is 83.4 Å². The summed E-state index contributed by atoms with van der Waals surface area (Å²) in [4.78, 5) is 2.80. The van der Waals surface area contributed by atoms with Crippen LogP contribution < -0.4 is 0 Å². The fourth-order valence-electron chi connectivity index (χ4n) is 1.33. The van der Waals surface area contributed by atoms with Crippen LogP contribution in [-0.2, 0) is 11.8 Å². The van der Waals surface area contributed by atoms with Gasteiger partial charge in [-0.3, -0.25) is 0 Å². The molecule has 0 heterocycles. The molecule has 0 atom stereocenters. The smallest absolute Gasteiger partial charge is 0.0792 e. The molecule has 1 aromatic carbocycles. The topological polar surface area (TPSA) is 0 Å². The van der Waals surface area contributed by atoms with Crippen molar-refractivity contribution in [2.75, 3.05) is 0 Å². The molecule has 66 valence electrons. The Kier molecular flexibility index (Phi) is 2.88. The molecule has 0 aromatic heterocycles. The van der Waals surface area contributed by atoms with E-state index in [0.717, 1.165) is 0 Å². The number of thiol groups is 1. The van der Waals surface area contributed by atoms with Crippen molar-refractivity contribution in [2.24, 2.45) is 0 Å². The van der Waals surface area contributed by atoms with Gasteiger partial charge in [0, 0.05) is 11.8 Å². The van der Waals surface area contributed by atoms with E-state index in [1.165, 1.54) is 34.4 Å². The van der Waals surface area contributed by atoms with Crippen LogP contribution in [0.1, 0.15) is 12.8 Å². The highest BCUT2D eigenvalue weighted by atomic mass is 32.2. The van der Waals surface area contributed by atoms with Crippen molar-refractivity contribution in [2.45, 2.75) is 17.7 Å². The number of rotatable bonds is 2. The zero-order valence-corrected chi connectivity index (χ0v) is 8.37. The van der Waals surface area contributed by atoms with E-state index >= 15 is 0 Å².